The van der Waals surface area contributed by atoms with Crippen molar-refractivity contribution in [2.24, 2.45) is 0 Å². The first-order valence-corrected chi connectivity index (χ1v) is 5.62. The Bertz CT molecular complexity index is 124. The molecule has 1 saturated carbocycles. The molecule has 0 amide bonds. The van der Waals surface area contributed by atoms with Crippen LogP contribution in [-0.2, 0) is 21.1 Å². The monoisotopic (exact) mass is 369 g/mol. The van der Waals surface area contributed by atoms with Crippen LogP contribution < -0.4 is 5.32 Å². The third kappa shape index (κ3) is 4.42. The van der Waals surface area contributed by atoms with E-state index in [-0.39, 0.29) is 21.1 Å². The average molecular weight is 369 g/mol. The van der Waals surface area contributed by atoms with Gasteiger partial charge in [0.05, 0.1) is 0 Å². The van der Waals surface area contributed by atoms with Crippen LogP contribution in [0, 0.1) is 7.05 Å². The summed E-state index contributed by atoms with van der Waals surface area (Å²) in [6.45, 7) is 11.4. The molecule has 1 aliphatic carbocycles. The van der Waals surface area contributed by atoms with Gasteiger partial charge in [-0.05, 0) is 19.4 Å². The van der Waals surface area contributed by atoms with E-state index in [1.54, 1.807) is 0 Å². The maximum absolute atomic E-state index is 4.01. The SMILES string of the molecule is CC.CC.[CH2-]N1CCNCC12CC2.[W]. The largest absolute Gasteiger partial charge is 0.452 e. The second kappa shape index (κ2) is 8.88. The molecule has 14 heavy (non-hydrogen) atoms. The Morgan fingerprint density at radius 1 is 1.14 bits per heavy atom. The quantitative estimate of drug-likeness (QED) is 0.660. The van der Waals surface area contributed by atoms with Gasteiger partial charge in [-0.1, -0.05) is 27.7 Å². The minimum atomic E-state index is 0. The van der Waals surface area contributed by atoms with Crippen LogP contribution in [0.4, 0.5) is 0 Å². The molecule has 0 aromatic heterocycles. The fraction of sp³-hybridized carbons (Fsp3) is 0.909. The predicted molar refractivity (Wildman–Crippen MR) is 59.6 cm³/mol. The van der Waals surface area contributed by atoms with Crippen molar-refractivity contribution in [1.82, 2.24) is 10.2 Å². The van der Waals surface area contributed by atoms with E-state index in [9.17, 15) is 0 Å². The van der Waals surface area contributed by atoms with Crippen LogP contribution in [-0.4, -0.2) is 30.1 Å². The van der Waals surface area contributed by atoms with E-state index in [0.717, 1.165) is 19.6 Å². The molecule has 2 fully saturated rings. The van der Waals surface area contributed by atoms with Gasteiger partial charge >= 0.3 is 0 Å². The predicted octanol–water partition coefficient (Wildman–Crippen LogP) is 2.27. The van der Waals surface area contributed by atoms with E-state index in [4.69, 9.17) is 0 Å². The van der Waals surface area contributed by atoms with Crippen LogP contribution in [0.5, 0.6) is 0 Å². The van der Waals surface area contributed by atoms with Gasteiger partial charge in [-0.15, -0.1) is 0 Å². The zero-order valence-electron chi connectivity index (χ0n) is 10.1. The third-order valence-electron chi connectivity index (χ3n) is 2.51. The molecule has 0 aromatic rings. The molecule has 0 atom stereocenters. The molecule has 1 N–H and O–H groups in total. The molecular weight excluding hydrogens is 344 g/mol. The van der Waals surface area contributed by atoms with E-state index >= 15 is 0 Å². The third-order valence-corrected chi connectivity index (χ3v) is 2.51. The molecule has 0 aromatic carbocycles. The number of hydrogen-bond acceptors (Lipinski definition) is 2. The Morgan fingerprint density at radius 2 is 1.64 bits per heavy atom. The Morgan fingerprint density at radius 3 is 1.93 bits per heavy atom. The number of hydrogen-bond donors (Lipinski definition) is 1. The van der Waals surface area contributed by atoms with Gasteiger partial charge in [0, 0.05) is 39.7 Å². The van der Waals surface area contributed by atoms with Crippen LogP contribution in [0.1, 0.15) is 40.5 Å². The minimum Gasteiger partial charge on any atom is -0.452 e. The summed E-state index contributed by atoms with van der Waals surface area (Å²) in [6.07, 6.45) is 2.70. The Balaban J connectivity index is 0. The fourth-order valence-electron chi connectivity index (χ4n) is 1.52. The van der Waals surface area contributed by atoms with Crippen LogP contribution in [0.25, 0.3) is 0 Å². The molecule has 86 valence electrons. The molecule has 0 bridgehead atoms. The van der Waals surface area contributed by atoms with Crippen molar-refractivity contribution in [3.8, 4) is 0 Å². The van der Waals surface area contributed by atoms with E-state index < -0.39 is 0 Å². The van der Waals surface area contributed by atoms with Crippen LogP contribution in [0.3, 0.4) is 0 Å². The van der Waals surface area contributed by atoms with Crippen LogP contribution in [0.15, 0.2) is 0 Å². The maximum atomic E-state index is 4.01. The molecule has 2 nitrogen and oxygen atoms in total. The number of nitrogens with one attached hydrogen (secondary N) is 1. The zero-order valence-corrected chi connectivity index (χ0v) is 13.0. The molecule has 3 heteroatoms. The summed E-state index contributed by atoms with van der Waals surface area (Å²) >= 11 is 0. The summed E-state index contributed by atoms with van der Waals surface area (Å²) in [5.41, 5.74) is 0.498. The summed E-state index contributed by atoms with van der Waals surface area (Å²) in [6, 6.07) is 0. The van der Waals surface area contributed by atoms with E-state index in [0.29, 0.717) is 5.54 Å². The Hall–Kier alpha value is 0.608. The summed E-state index contributed by atoms with van der Waals surface area (Å²) in [5, 5.41) is 3.39. The molecule has 1 spiro atoms. The van der Waals surface area contributed by atoms with E-state index in [2.05, 4.69) is 17.3 Å². The van der Waals surface area contributed by atoms with Crippen molar-refractivity contribution in [3.05, 3.63) is 7.05 Å². The standard InChI is InChI=1S/C7H13N2.2C2H6.W/c1-9-5-4-8-6-7(9)2-3-7;2*1-2;/h8H,1-6H2;2*1-2H3;/q-1;;;. The van der Waals surface area contributed by atoms with Gasteiger partial charge in [0.15, 0.2) is 0 Å². The molecular formula is C11H25N2W-. The van der Waals surface area contributed by atoms with Gasteiger partial charge in [0.2, 0.25) is 0 Å². The molecule has 1 saturated heterocycles. The second-order valence-corrected chi connectivity index (χ2v) is 3.16. The van der Waals surface area contributed by atoms with Gasteiger partial charge in [-0.2, -0.15) is 0 Å². The summed E-state index contributed by atoms with van der Waals surface area (Å²) in [5.74, 6) is 0. The van der Waals surface area contributed by atoms with Crippen molar-refractivity contribution < 1.29 is 21.1 Å². The smallest absolute Gasteiger partial charge is 0.0113 e. The van der Waals surface area contributed by atoms with Crippen LogP contribution in [0.2, 0.25) is 0 Å². The molecule has 1 heterocycles. The summed E-state index contributed by atoms with van der Waals surface area (Å²) in [4.78, 5) is 2.25. The van der Waals surface area contributed by atoms with Crippen LogP contribution >= 0.6 is 0 Å². The number of nitrogens with zero attached hydrogens (tertiary/aromatic N) is 1. The van der Waals surface area contributed by atoms with Crippen molar-refractivity contribution in [1.29, 1.82) is 0 Å². The maximum Gasteiger partial charge on any atom is 0.0113 e. The normalized spacial score (nSPS) is 22.1. The molecule has 2 aliphatic rings. The van der Waals surface area contributed by atoms with Gasteiger partial charge in [-0.3, -0.25) is 7.05 Å². The van der Waals surface area contributed by atoms with Crippen molar-refractivity contribution in [2.75, 3.05) is 19.6 Å². The average Bonchev–Trinajstić information content (AvgIpc) is 2.98. The van der Waals surface area contributed by atoms with Crippen molar-refractivity contribution >= 4 is 0 Å². The van der Waals surface area contributed by atoms with E-state index in [1.807, 2.05) is 27.7 Å². The Labute approximate surface area is 104 Å². The molecule has 2 rings (SSSR count). The van der Waals surface area contributed by atoms with Crippen molar-refractivity contribution in [3.63, 3.8) is 0 Å². The first kappa shape index (κ1) is 17.0. The van der Waals surface area contributed by atoms with Gasteiger partial charge in [-0.25, -0.2) is 0 Å². The fourth-order valence-corrected chi connectivity index (χ4v) is 1.52. The molecule has 1 aliphatic heterocycles. The minimum absolute atomic E-state index is 0. The zero-order chi connectivity index (χ0) is 10.3. The number of piperazine rings is 1. The van der Waals surface area contributed by atoms with E-state index in [1.165, 1.54) is 12.8 Å². The van der Waals surface area contributed by atoms with Gasteiger partial charge < -0.3 is 10.2 Å². The number of rotatable bonds is 0. The Kier molecular flexibility index (Phi) is 10.8. The first-order valence-electron chi connectivity index (χ1n) is 5.62. The first-order chi connectivity index (χ1) is 6.33. The second-order valence-electron chi connectivity index (χ2n) is 3.16. The molecule has 0 radical (unpaired) electrons. The van der Waals surface area contributed by atoms with Gasteiger partial charge in [0.25, 0.3) is 0 Å². The molecule has 0 unspecified atom stereocenters. The summed E-state index contributed by atoms with van der Waals surface area (Å²) in [7, 11) is 4.01. The summed E-state index contributed by atoms with van der Waals surface area (Å²) < 4.78 is 0. The van der Waals surface area contributed by atoms with Crippen molar-refractivity contribution in [2.45, 2.75) is 46.1 Å². The topological polar surface area (TPSA) is 15.3 Å². The van der Waals surface area contributed by atoms with Gasteiger partial charge in [0.1, 0.15) is 0 Å².